The van der Waals surface area contributed by atoms with Gasteiger partial charge in [0.1, 0.15) is 6.61 Å². The zero-order valence-electron chi connectivity index (χ0n) is 14.5. The largest absolute Gasteiger partial charge is 0.493 e. The Hall–Kier alpha value is -2.04. The van der Waals surface area contributed by atoms with Crippen LogP contribution in [0, 0.1) is 0 Å². The van der Waals surface area contributed by atoms with E-state index >= 15 is 0 Å². The number of nitrogens with zero attached hydrogens (tertiary/aromatic N) is 1. The van der Waals surface area contributed by atoms with E-state index in [-0.39, 0.29) is 0 Å². The second kappa shape index (κ2) is 8.18. The van der Waals surface area contributed by atoms with Crippen molar-refractivity contribution in [3.05, 3.63) is 59.7 Å². The zero-order valence-corrected chi connectivity index (χ0v) is 14.5. The highest BCUT2D eigenvalue weighted by Gasteiger charge is 2.19. The molecule has 1 N–H and O–H groups in total. The van der Waals surface area contributed by atoms with Crippen molar-refractivity contribution < 1.29 is 9.47 Å². The third-order valence-corrected chi connectivity index (χ3v) is 4.61. The third-order valence-electron chi connectivity index (χ3n) is 4.61. The van der Waals surface area contributed by atoms with E-state index in [0.29, 0.717) is 12.6 Å². The molecule has 1 saturated heterocycles. The lowest BCUT2D eigenvalue weighted by Crippen LogP contribution is -2.44. The summed E-state index contributed by atoms with van der Waals surface area (Å²) in [5.41, 5.74) is 2.42. The van der Waals surface area contributed by atoms with Crippen molar-refractivity contribution in [1.29, 1.82) is 0 Å². The van der Waals surface area contributed by atoms with Crippen molar-refractivity contribution in [1.82, 2.24) is 10.2 Å². The van der Waals surface area contributed by atoms with Crippen molar-refractivity contribution in [2.24, 2.45) is 0 Å². The molecule has 4 heteroatoms. The van der Waals surface area contributed by atoms with Gasteiger partial charge in [-0.2, -0.15) is 0 Å². The lowest BCUT2D eigenvalue weighted by molar-refractivity contribution is 0.185. The van der Waals surface area contributed by atoms with Gasteiger partial charge in [-0.3, -0.25) is 4.90 Å². The van der Waals surface area contributed by atoms with Gasteiger partial charge in [0.2, 0.25) is 0 Å². The molecule has 0 aliphatic carbocycles. The van der Waals surface area contributed by atoms with Gasteiger partial charge >= 0.3 is 0 Å². The Morgan fingerprint density at radius 3 is 2.50 bits per heavy atom. The molecule has 128 valence electrons. The van der Waals surface area contributed by atoms with E-state index in [1.54, 1.807) is 7.11 Å². The molecule has 0 radical (unpaired) electrons. The summed E-state index contributed by atoms with van der Waals surface area (Å²) in [5, 5.41) is 3.40. The minimum Gasteiger partial charge on any atom is -0.493 e. The van der Waals surface area contributed by atoms with Crippen LogP contribution < -0.4 is 14.8 Å². The predicted octanol–water partition coefficient (Wildman–Crippen LogP) is 3.24. The van der Waals surface area contributed by atoms with Gasteiger partial charge in [-0.25, -0.2) is 0 Å². The van der Waals surface area contributed by atoms with Crippen LogP contribution in [0.25, 0.3) is 0 Å². The van der Waals surface area contributed by atoms with Crippen molar-refractivity contribution >= 4 is 0 Å². The Morgan fingerprint density at radius 2 is 1.79 bits per heavy atom. The Bertz CT molecular complexity index is 639. The van der Waals surface area contributed by atoms with Gasteiger partial charge in [0.25, 0.3) is 0 Å². The molecule has 2 aromatic rings. The lowest BCUT2D eigenvalue weighted by Gasteiger charge is -2.33. The van der Waals surface area contributed by atoms with Gasteiger partial charge in [-0.15, -0.1) is 0 Å². The van der Waals surface area contributed by atoms with Gasteiger partial charge in [0, 0.05) is 32.2 Å². The number of piperazine rings is 1. The molecule has 1 atom stereocenters. The number of rotatable bonds is 6. The minimum absolute atomic E-state index is 0.372. The van der Waals surface area contributed by atoms with Crippen LogP contribution in [0.5, 0.6) is 11.5 Å². The topological polar surface area (TPSA) is 33.7 Å². The summed E-state index contributed by atoms with van der Waals surface area (Å²) in [6.45, 7) is 7.06. The molecule has 1 heterocycles. The van der Waals surface area contributed by atoms with Crippen LogP contribution in [0.3, 0.4) is 0 Å². The van der Waals surface area contributed by atoms with Gasteiger partial charge in [0.15, 0.2) is 11.5 Å². The molecule has 0 aromatic heterocycles. The summed E-state index contributed by atoms with van der Waals surface area (Å²) in [5.74, 6) is 1.59. The molecule has 0 amide bonds. The van der Waals surface area contributed by atoms with E-state index in [1.807, 2.05) is 24.3 Å². The summed E-state index contributed by atoms with van der Waals surface area (Å²) in [6.07, 6.45) is 0. The fourth-order valence-corrected chi connectivity index (χ4v) is 3.08. The standard InChI is InChI=1S/C20H26N2O2/c1-16(22-12-10-21-11-13-22)18-8-9-19(23-2)20(14-18)24-15-17-6-4-3-5-7-17/h3-9,14,16,21H,10-13,15H2,1-2H3/t16-/m0/s1. The maximum Gasteiger partial charge on any atom is 0.161 e. The Morgan fingerprint density at radius 1 is 1.04 bits per heavy atom. The second-order valence-electron chi connectivity index (χ2n) is 6.15. The molecular formula is C20H26N2O2. The molecule has 24 heavy (non-hydrogen) atoms. The van der Waals surface area contributed by atoms with E-state index < -0.39 is 0 Å². The van der Waals surface area contributed by atoms with Crippen molar-refractivity contribution in [3.8, 4) is 11.5 Å². The van der Waals surface area contributed by atoms with Gasteiger partial charge in [0.05, 0.1) is 7.11 Å². The van der Waals surface area contributed by atoms with E-state index in [1.165, 1.54) is 5.56 Å². The Labute approximate surface area is 144 Å². The van der Waals surface area contributed by atoms with Crippen LogP contribution in [-0.2, 0) is 6.61 Å². The SMILES string of the molecule is COc1ccc([C@H](C)N2CCNCC2)cc1OCc1ccccc1. The normalized spacial score (nSPS) is 16.6. The molecular weight excluding hydrogens is 300 g/mol. The van der Waals surface area contributed by atoms with Crippen LogP contribution in [-0.4, -0.2) is 38.2 Å². The first-order chi connectivity index (χ1) is 11.8. The number of hydrogen-bond acceptors (Lipinski definition) is 4. The highest BCUT2D eigenvalue weighted by molar-refractivity contribution is 5.44. The van der Waals surface area contributed by atoms with Gasteiger partial charge in [-0.1, -0.05) is 36.4 Å². The van der Waals surface area contributed by atoms with E-state index in [2.05, 4.69) is 41.4 Å². The fraction of sp³-hybridized carbons (Fsp3) is 0.400. The van der Waals surface area contributed by atoms with Crippen LogP contribution in [0.1, 0.15) is 24.1 Å². The number of methoxy groups -OCH3 is 1. The number of hydrogen-bond donors (Lipinski definition) is 1. The summed E-state index contributed by atoms with van der Waals surface area (Å²) in [6, 6.07) is 16.8. The summed E-state index contributed by atoms with van der Waals surface area (Å²) in [4.78, 5) is 2.50. The summed E-state index contributed by atoms with van der Waals surface area (Å²) >= 11 is 0. The smallest absolute Gasteiger partial charge is 0.161 e. The lowest BCUT2D eigenvalue weighted by atomic mass is 10.1. The van der Waals surface area contributed by atoms with Crippen LogP contribution in [0.4, 0.5) is 0 Å². The molecule has 0 unspecified atom stereocenters. The summed E-state index contributed by atoms with van der Waals surface area (Å²) in [7, 11) is 1.68. The van der Waals surface area contributed by atoms with Crippen molar-refractivity contribution in [2.75, 3.05) is 33.3 Å². The molecule has 2 aromatic carbocycles. The molecule has 0 bridgehead atoms. The summed E-state index contributed by atoms with van der Waals surface area (Å²) < 4.78 is 11.5. The fourth-order valence-electron chi connectivity index (χ4n) is 3.08. The molecule has 3 rings (SSSR count). The first-order valence-corrected chi connectivity index (χ1v) is 8.57. The molecule has 0 saturated carbocycles. The Balaban J connectivity index is 1.74. The molecule has 1 aliphatic heterocycles. The number of benzene rings is 2. The minimum atomic E-state index is 0.372. The monoisotopic (exact) mass is 326 g/mol. The van der Waals surface area contributed by atoms with Crippen molar-refractivity contribution in [2.45, 2.75) is 19.6 Å². The number of ether oxygens (including phenoxy) is 2. The third kappa shape index (κ3) is 4.08. The molecule has 1 fully saturated rings. The first kappa shape index (κ1) is 16.8. The number of nitrogens with one attached hydrogen (secondary N) is 1. The molecule has 0 spiro atoms. The van der Waals surface area contributed by atoms with Gasteiger partial charge in [-0.05, 0) is 30.2 Å². The van der Waals surface area contributed by atoms with Crippen LogP contribution in [0.15, 0.2) is 48.5 Å². The van der Waals surface area contributed by atoms with E-state index in [0.717, 1.165) is 43.2 Å². The maximum absolute atomic E-state index is 6.04. The first-order valence-electron chi connectivity index (χ1n) is 8.57. The van der Waals surface area contributed by atoms with Crippen LogP contribution >= 0.6 is 0 Å². The predicted molar refractivity (Wildman–Crippen MR) is 96.6 cm³/mol. The average molecular weight is 326 g/mol. The molecule has 1 aliphatic rings. The zero-order chi connectivity index (χ0) is 16.8. The van der Waals surface area contributed by atoms with Crippen LogP contribution in [0.2, 0.25) is 0 Å². The van der Waals surface area contributed by atoms with Crippen molar-refractivity contribution in [3.63, 3.8) is 0 Å². The average Bonchev–Trinajstić information content (AvgIpc) is 2.67. The Kier molecular flexibility index (Phi) is 5.72. The maximum atomic E-state index is 6.04. The molecule has 4 nitrogen and oxygen atoms in total. The highest BCUT2D eigenvalue weighted by Crippen LogP contribution is 2.32. The van der Waals surface area contributed by atoms with Gasteiger partial charge < -0.3 is 14.8 Å². The highest BCUT2D eigenvalue weighted by atomic mass is 16.5. The quantitative estimate of drug-likeness (QED) is 0.883. The van der Waals surface area contributed by atoms with E-state index in [4.69, 9.17) is 9.47 Å². The second-order valence-corrected chi connectivity index (χ2v) is 6.15. The van der Waals surface area contributed by atoms with E-state index in [9.17, 15) is 0 Å².